The van der Waals surface area contributed by atoms with E-state index in [0.29, 0.717) is 17.7 Å². The van der Waals surface area contributed by atoms with Gasteiger partial charge in [0.25, 0.3) is 0 Å². The fourth-order valence-electron chi connectivity index (χ4n) is 1.93. The van der Waals surface area contributed by atoms with E-state index < -0.39 is 0 Å². The van der Waals surface area contributed by atoms with E-state index in [2.05, 4.69) is 26.4 Å². The molecule has 1 saturated heterocycles. The number of aryl methyl sites for hydroxylation is 1. The lowest BCUT2D eigenvalue weighted by atomic mass is 9.97. The predicted molar refractivity (Wildman–Crippen MR) is 61.4 cm³/mol. The maximum absolute atomic E-state index is 9.32. The summed E-state index contributed by atoms with van der Waals surface area (Å²) in [5, 5.41) is 9.32. The smallest absolute Gasteiger partial charge is 0.318 e. The second-order valence-corrected chi connectivity index (χ2v) is 4.04. The van der Waals surface area contributed by atoms with Crippen molar-refractivity contribution in [2.45, 2.75) is 19.8 Å². The van der Waals surface area contributed by atoms with Crippen molar-refractivity contribution in [1.29, 1.82) is 0 Å². The molecule has 0 aromatic carbocycles. The van der Waals surface area contributed by atoms with E-state index in [4.69, 9.17) is 0 Å². The summed E-state index contributed by atoms with van der Waals surface area (Å²) in [5.74, 6) is 1.72. The molecular weight excluding hydrogens is 204 g/mol. The Morgan fingerprint density at radius 3 is 2.56 bits per heavy atom. The maximum atomic E-state index is 9.32. The molecule has 0 atom stereocenters. The molecule has 0 bridgehead atoms. The normalized spacial score (nSPS) is 17.4. The minimum absolute atomic E-state index is 0.201. The van der Waals surface area contributed by atoms with Crippen molar-refractivity contribution >= 4 is 5.95 Å². The highest BCUT2D eigenvalue weighted by molar-refractivity contribution is 5.31. The van der Waals surface area contributed by atoms with E-state index in [1.54, 1.807) is 6.92 Å². The zero-order chi connectivity index (χ0) is 11.5. The Hall–Kier alpha value is -1.65. The number of allylic oxidation sites excluding steroid dienone is 1. The highest BCUT2D eigenvalue weighted by atomic mass is 16.3. The number of aromatic nitrogens is 3. The van der Waals surface area contributed by atoms with Crippen LogP contribution in [0.5, 0.6) is 6.01 Å². The van der Waals surface area contributed by atoms with Gasteiger partial charge in [0, 0.05) is 13.1 Å². The van der Waals surface area contributed by atoms with Crippen molar-refractivity contribution in [2.75, 3.05) is 18.0 Å². The van der Waals surface area contributed by atoms with E-state index in [-0.39, 0.29) is 6.01 Å². The Morgan fingerprint density at radius 1 is 1.31 bits per heavy atom. The van der Waals surface area contributed by atoms with Crippen LogP contribution in [0.2, 0.25) is 0 Å². The second kappa shape index (κ2) is 4.47. The van der Waals surface area contributed by atoms with Gasteiger partial charge >= 0.3 is 6.01 Å². The molecule has 1 fully saturated rings. The van der Waals surface area contributed by atoms with Crippen molar-refractivity contribution in [1.82, 2.24) is 15.0 Å². The summed E-state index contributed by atoms with van der Waals surface area (Å²) in [7, 11) is 0. The molecule has 0 spiro atoms. The minimum atomic E-state index is -0.201. The van der Waals surface area contributed by atoms with E-state index in [0.717, 1.165) is 25.9 Å². The standard InChI is InChI=1S/C11H16N4O/c1-3-9-4-6-15(7-5-9)10-12-8(2)13-11(16)14-10/h3,9H,1,4-7H2,2H3,(H,12,13,14,16). The lowest BCUT2D eigenvalue weighted by molar-refractivity contribution is 0.420. The minimum Gasteiger partial charge on any atom is -0.479 e. The van der Waals surface area contributed by atoms with Crippen LogP contribution in [0.3, 0.4) is 0 Å². The second-order valence-electron chi connectivity index (χ2n) is 4.04. The molecule has 0 radical (unpaired) electrons. The molecule has 5 nitrogen and oxygen atoms in total. The lowest BCUT2D eigenvalue weighted by Crippen LogP contribution is -2.34. The number of aromatic hydroxyl groups is 1. The van der Waals surface area contributed by atoms with Crippen molar-refractivity contribution in [2.24, 2.45) is 5.92 Å². The predicted octanol–water partition coefficient (Wildman–Crippen LogP) is 1.29. The molecule has 2 heterocycles. The molecule has 0 amide bonds. The first-order chi connectivity index (χ1) is 7.69. The van der Waals surface area contributed by atoms with Crippen LogP contribution in [0, 0.1) is 12.8 Å². The maximum Gasteiger partial charge on any atom is 0.318 e. The third kappa shape index (κ3) is 2.29. The van der Waals surface area contributed by atoms with Crippen LogP contribution in [0.4, 0.5) is 5.95 Å². The van der Waals surface area contributed by atoms with Crippen LogP contribution in [0.25, 0.3) is 0 Å². The van der Waals surface area contributed by atoms with Gasteiger partial charge in [0.1, 0.15) is 5.82 Å². The molecule has 0 saturated carbocycles. The number of hydrogen-bond acceptors (Lipinski definition) is 5. The summed E-state index contributed by atoms with van der Waals surface area (Å²) in [4.78, 5) is 14.0. The Balaban J connectivity index is 2.10. The zero-order valence-electron chi connectivity index (χ0n) is 9.43. The molecule has 1 aliphatic heterocycles. The highest BCUT2D eigenvalue weighted by Crippen LogP contribution is 2.21. The quantitative estimate of drug-likeness (QED) is 0.761. The van der Waals surface area contributed by atoms with Crippen LogP contribution < -0.4 is 4.90 Å². The Bertz CT molecular complexity index is 365. The van der Waals surface area contributed by atoms with Crippen molar-refractivity contribution in [3.05, 3.63) is 18.5 Å². The number of piperidine rings is 1. The van der Waals surface area contributed by atoms with Gasteiger partial charge in [-0.3, -0.25) is 0 Å². The zero-order valence-corrected chi connectivity index (χ0v) is 9.43. The summed E-state index contributed by atoms with van der Waals surface area (Å²) < 4.78 is 0. The Kier molecular flexibility index (Phi) is 3.03. The molecule has 1 N–H and O–H groups in total. The fraction of sp³-hybridized carbons (Fsp3) is 0.545. The summed E-state index contributed by atoms with van der Waals surface area (Å²) in [6, 6.07) is -0.201. The molecule has 86 valence electrons. The molecule has 0 unspecified atom stereocenters. The van der Waals surface area contributed by atoms with Crippen molar-refractivity contribution in [3.8, 4) is 6.01 Å². The molecule has 1 aliphatic rings. The number of nitrogens with zero attached hydrogens (tertiary/aromatic N) is 4. The average Bonchev–Trinajstić information content (AvgIpc) is 2.28. The first kappa shape index (κ1) is 10.9. The van der Waals surface area contributed by atoms with Crippen molar-refractivity contribution < 1.29 is 5.11 Å². The van der Waals surface area contributed by atoms with Gasteiger partial charge in [0.2, 0.25) is 5.95 Å². The largest absolute Gasteiger partial charge is 0.479 e. The van der Waals surface area contributed by atoms with E-state index in [1.165, 1.54) is 0 Å². The fourth-order valence-corrected chi connectivity index (χ4v) is 1.93. The summed E-state index contributed by atoms with van der Waals surface area (Å²) in [5.41, 5.74) is 0. The van der Waals surface area contributed by atoms with Gasteiger partial charge in [-0.25, -0.2) is 0 Å². The number of hydrogen-bond donors (Lipinski definition) is 1. The van der Waals surface area contributed by atoms with Crippen LogP contribution >= 0.6 is 0 Å². The Labute approximate surface area is 94.9 Å². The summed E-state index contributed by atoms with van der Waals surface area (Å²) in [6.45, 7) is 7.37. The van der Waals surface area contributed by atoms with Crippen LogP contribution in [-0.4, -0.2) is 33.1 Å². The third-order valence-corrected chi connectivity index (χ3v) is 2.88. The first-order valence-electron chi connectivity index (χ1n) is 5.48. The summed E-state index contributed by atoms with van der Waals surface area (Å²) in [6.07, 6.45) is 4.14. The van der Waals surface area contributed by atoms with E-state index in [9.17, 15) is 5.11 Å². The van der Waals surface area contributed by atoms with Crippen molar-refractivity contribution in [3.63, 3.8) is 0 Å². The van der Waals surface area contributed by atoms with Gasteiger partial charge in [-0.2, -0.15) is 15.0 Å². The lowest BCUT2D eigenvalue weighted by Gasteiger charge is -2.30. The molecule has 2 rings (SSSR count). The Morgan fingerprint density at radius 2 is 2.00 bits per heavy atom. The SMILES string of the molecule is C=CC1CCN(c2nc(C)nc(O)n2)CC1. The van der Waals surface area contributed by atoms with E-state index in [1.807, 2.05) is 6.08 Å². The molecule has 1 aromatic rings. The van der Waals surface area contributed by atoms with Crippen LogP contribution in [-0.2, 0) is 0 Å². The first-order valence-corrected chi connectivity index (χ1v) is 5.48. The number of rotatable bonds is 2. The van der Waals surface area contributed by atoms with Gasteiger partial charge in [-0.1, -0.05) is 6.08 Å². The topological polar surface area (TPSA) is 62.1 Å². The molecule has 0 aliphatic carbocycles. The van der Waals surface area contributed by atoms with Crippen LogP contribution in [0.1, 0.15) is 18.7 Å². The van der Waals surface area contributed by atoms with Gasteiger partial charge in [-0.05, 0) is 25.7 Å². The molecule has 5 heteroatoms. The van der Waals surface area contributed by atoms with Gasteiger partial charge in [0.15, 0.2) is 0 Å². The number of anilines is 1. The van der Waals surface area contributed by atoms with Gasteiger partial charge in [-0.15, -0.1) is 6.58 Å². The third-order valence-electron chi connectivity index (χ3n) is 2.88. The molecule has 1 aromatic heterocycles. The molecule has 16 heavy (non-hydrogen) atoms. The average molecular weight is 220 g/mol. The van der Waals surface area contributed by atoms with Gasteiger partial charge in [0.05, 0.1) is 0 Å². The monoisotopic (exact) mass is 220 g/mol. The van der Waals surface area contributed by atoms with Gasteiger partial charge < -0.3 is 10.0 Å². The highest BCUT2D eigenvalue weighted by Gasteiger charge is 2.19. The van der Waals surface area contributed by atoms with E-state index >= 15 is 0 Å². The molecular formula is C11H16N4O. The summed E-state index contributed by atoms with van der Waals surface area (Å²) >= 11 is 0. The van der Waals surface area contributed by atoms with Crippen LogP contribution in [0.15, 0.2) is 12.7 Å².